The number of nitrogens with zero attached hydrogens (tertiary/aromatic N) is 3. The Morgan fingerprint density at radius 2 is 1.42 bits per heavy atom. The summed E-state index contributed by atoms with van der Waals surface area (Å²) in [6.45, 7) is 6.64. The van der Waals surface area contributed by atoms with Gasteiger partial charge in [-0.1, -0.05) is 91.4 Å². The van der Waals surface area contributed by atoms with Crippen molar-refractivity contribution in [1.82, 2.24) is 4.98 Å². The van der Waals surface area contributed by atoms with E-state index in [1.54, 1.807) is 0 Å². The summed E-state index contributed by atoms with van der Waals surface area (Å²) in [4.78, 5) is 9.88. The molecule has 2 aliphatic rings. The molecule has 6 aromatic rings. The SMILES string of the molecule is CC1=CCC(N(c2ccccc2)c2ccc3ccc4c(N(C5=CCC(C)C=C5)c5ccc(C)cn5)ccc5ccc2c3c54)CC1. The van der Waals surface area contributed by atoms with Crippen molar-refractivity contribution in [3.63, 3.8) is 0 Å². The number of hydrogen-bond donors (Lipinski definition) is 0. The molecule has 5 aromatic carbocycles. The van der Waals surface area contributed by atoms with Crippen LogP contribution in [-0.2, 0) is 0 Å². The van der Waals surface area contributed by atoms with Gasteiger partial charge in [-0.15, -0.1) is 0 Å². The van der Waals surface area contributed by atoms with E-state index in [4.69, 9.17) is 4.98 Å². The largest absolute Gasteiger partial charge is 0.338 e. The van der Waals surface area contributed by atoms with Crippen molar-refractivity contribution < 1.29 is 0 Å². The molecule has 3 nitrogen and oxygen atoms in total. The Bertz CT molecular complexity index is 2100. The van der Waals surface area contributed by atoms with Crippen LogP contribution in [0, 0.1) is 12.8 Å². The summed E-state index contributed by atoms with van der Waals surface area (Å²) >= 11 is 0. The second kappa shape index (κ2) is 11.2. The van der Waals surface area contributed by atoms with Gasteiger partial charge in [0.05, 0.1) is 5.69 Å². The summed E-state index contributed by atoms with van der Waals surface area (Å²) < 4.78 is 0. The van der Waals surface area contributed by atoms with E-state index in [1.165, 1.54) is 55.0 Å². The molecule has 0 spiro atoms. The normalized spacial score (nSPS) is 18.4. The molecule has 0 saturated heterocycles. The molecule has 1 aromatic heterocycles. The van der Waals surface area contributed by atoms with E-state index in [2.05, 4.69) is 146 Å². The van der Waals surface area contributed by atoms with Crippen molar-refractivity contribution in [2.75, 3.05) is 9.80 Å². The van der Waals surface area contributed by atoms with Crippen LogP contribution in [0.5, 0.6) is 0 Å². The van der Waals surface area contributed by atoms with Crippen LogP contribution in [0.15, 0.2) is 133 Å². The maximum Gasteiger partial charge on any atom is 0.137 e. The Balaban J connectivity index is 1.36. The molecule has 2 unspecified atom stereocenters. The minimum Gasteiger partial charge on any atom is -0.338 e. The third-order valence-electron chi connectivity index (χ3n) is 9.81. The van der Waals surface area contributed by atoms with Crippen LogP contribution >= 0.6 is 0 Å². The first-order valence-corrected chi connectivity index (χ1v) is 16.4. The molecule has 3 heteroatoms. The molecule has 2 atom stereocenters. The molecule has 0 amide bonds. The van der Waals surface area contributed by atoms with Crippen LogP contribution in [0.1, 0.15) is 45.1 Å². The van der Waals surface area contributed by atoms with Crippen molar-refractivity contribution in [2.24, 2.45) is 5.92 Å². The fraction of sp³-hybridized carbons (Fsp3) is 0.214. The number of hydrogen-bond acceptors (Lipinski definition) is 3. The molecule has 0 radical (unpaired) electrons. The Morgan fingerprint density at radius 3 is 2.07 bits per heavy atom. The molecule has 222 valence electrons. The number of rotatable bonds is 6. The summed E-state index contributed by atoms with van der Waals surface area (Å²) in [5.74, 6) is 1.48. The van der Waals surface area contributed by atoms with Crippen molar-refractivity contribution in [1.29, 1.82) is 0 Å². The van der Waals surface area contributed by atoms with Gasteiger partial charge in [0, 0.05) is 40.1 Å². The van der Waals surface area contributed by atoms with Gasteiger partial charge in [0.15, 0.2) is 0 Å². The minimum absolute atomic E-state index is 0.417. The summed E-state index contributed by atoms with van der Waals surface area (Å²) in [6.07, 6.45) is 15.7. The third kappa shape index (κ3) is 4.88. The van der Waals surface area contributed by atoms with E-state index >= 15 is 0 Å². The fourth-order valence-corrected chi connectivity index (χ4v) is 7.37. The zero-order chi connectivity index (χ0) is 30.5. The lowest BCUT2D eigenvalue weighted by Crippen LogP contribution is -2.32. The molecular weight excluding hydrogens is 546 g/mol. The monoisotopic (exact) mass is 585 g/mol. The molecule has 0 N–H and O–H groups in total. The summed E-state index contributed by atoms with van der Waals surface area (Å²) in [5.41, 5.74) is 7.55. The number of pyridine rings is 1. The standard InChI is InChI=1S/C42H39N3/c1-28-9-18-34(19-10-28)44(33-7-5-4-6-8-33)38-24-16-31-15-23-37-39(25-17-32-14-22-36(38)41(31)42(32)37)45(35-20-11-29(2)12-21-35)40-26-13-30(3)27-43-40/h4-9,11,13-17,20-27,29,34H,10,12,18-19H2,1-3H3. The molecule has 8 rings (SSSR count). The third-order valence-corrected chi connectivity index (χ3v) is 9.81. The van der Waals surface area contributed by atoms with Crippen molar-refractivity contribution in [2.45, 2.75) is 52.5 Å². The highest BCUT2D eigenvalue weighted by atomic mass is 15.2. The first-order chi connectivity index (χ1) is 22.0. The van der Waals surface area contributed by atoms with Gasteiger partial charge in [-0.25, -0.2) is 4.98 Å². The number of para-hydroxylation sites is 1. The predicted molar refractivity (Wildman–Crippen MR) is 192 cm³/mol. The van der Waals surface area contributed by atoms with Gasteiger partial charge in [-0.3, -0.25) is 4.90 Å². The lowest BCUT2D eigenvalue weighted by Gasteiger charge is -2.36. The molecule has 0 fully saturated rings. The van der Waals surface area contributed by atoms with Crippen molar-refractivity contribution >= 4 is 55.2 Å². The fourth-order valence-electron chi connectivity index (χ4n) is 7.37. The van der Waals surface area contributed by atoms with E-state index < -0.39 is 0 Å². The summed E-state index contributed by atoms with van der Waals surface area (Å²) in [7, 11) is 0. The Morgan fingerprint density at radius 1 is 0.711 bits per heavy atom. The number of allylic oxidation sites excluding steroid dienone is 4. The molecule has 45 heavy (non-hydrogen) atoms. The number of aromatic nitrogens is 1. The van der Waals surface area contributed by atoms with Crippen LogP contribution in [0.2, 0.25) is 0 Å². The second-order valence-electron chi connectivity index (χ2n) is 13.0. The zero-order valence-electron chi connectivity index (χ0n) is 26.4. The van der Waals surface area contributed by atoms with Gasteiger partial charge >= 0.3 is 0 Å². The smallest absolute Gasteiger partial charge is 0.137 e. The van der Waals surface area contributed by atoms with Gasteiger partial charge in [0.2, 0.25) is 0 Å². The van der Waals surface area contributed by atoms with Gasteiger partial charge in [0.25, 0.3) is 0 Å². The lowest BCUT2D eigenvalue weighted by molar-refractivity contribution is 0.577. The van der Waals surface area contributed by atoms with E-state index in [0.29, 0.717) is 12.0 Å². The van der Waals surface area contributed by atoms with Gasteiger partial charge < -0.3 is 4.90 Å². The Kier molecular flexibility index (Phi) is 6.90. The highest BCUT2D eigenvalue weighted by molar-refractivity contribution is 6.27. The second-order valence-corrected chi connectivity index (χ2v) is 13.0. The van der Waals surface area contributed by atoms with E-state index in [-0.39, 0.29) is 0 Å². The van der Waals surface area contributed by atoms with E-state index in [1.807, 2.05) is 6.20 Å². The molecule has 2 aliphatic carbocycles. The minimum atomic E-state index is 0.417. The molecule has 0 bridgehead atoms. The first kappa shape index (κ1) is 27.6. The predicted octanol–water partition coefficient (Wildman–Crippen LogP) is 11.5. The molecule has 0 aliphatic heterocycles. The van der Waals surface area contributed by atoms with Crippen molar-refractivity contribution in [3.05, 3.63) is 138 Å². The number of aryl methyl sites for hydroxylation is 1. The van der Waals surface area contributed by atoms with E-state index in [0.717, 1.165) is 42.8 Å². The topological polar surface area (TPSA) is 19.4 Å². The zero-order valence-corrected chi connectivity index (χ0v) is 26.4. The Hall–Kier alpha value is -4.89. The van der Waals surface area contributed by atoms with Gasteiger partial charge in [-0.05, 0) is 109 Å². The van der Waals surface area contributed by atoms with Crippen LogP contribution in [-0.4, -0.2) is 11.0 Å². The number of benzene rings is 5. The Labute approximate surface area is 266 Å². The number of anilines is 4. The van der Waals surface area contributed by atoms with Crippen LogP contribution in [0.25, 0.3) is 32.3 Å². The first-order valence-electron chi connectivity index (χ1n) is 16.4. The highest BCUT2D eigenvalue weighted by Gasteiger charge is 2.26. The maximum absolute atomic E-state index is 4.93. The summed E-state index contributed by atoms with van der Waals surface area (Å²) in [5, 5.41) is 7.77. The highest BCUT2D eigenvalue weighted by Crippen LogP contribution is 2.46. The van der Waals surface area contributed by atoms with Crippen molar-refractivity contribution in [3.8, 4) is 0 Å². The van der Waals surface area contributed by atoms with Crippen LogP contribution in [0.4, 0.5) is 22.9 Å². The maximum atomic E-state index is 4.93. The quantitative estimate of drug-likeness (QED) is 0.143. The summed E-state index contributed by atoms with van der Waals surface area (Å²) in [6, 6.07) is 34.3. The molecular formula is C42H39N3. The van der Waals surface area contributed by atoms with Crippen LogP contribution in [0.3, 0.4) is 0 Å². The lowest BCUT2D eigenvalue weighted by atomic mass is 9.90. The average molecular weight is 586 g/mol. The van der Waals surface area contributed by atoms with Gasteiger partial charge in [0.1, 0.15) is 5.82 Å². The molecule has 1 heterocycles. The molecule has 0 saturated carbocycles. The van der Waals surface area contributed by atoms with Crippen LogP contribution < -0.4 is 9.80 Å². The average Bonchev–Trinajstić information content (AvgIpc) is 3.08. The van der Waals surface area contributed by atoms with E-state index in [9.17, 15) is 0 Å². The van der Waals surface area contributed by atoms with Gasteiger partial charge in [-0.2, -0.15) is 0 Å².